The molecule has 4 rings (SSSR count). The van der Waals surface area contributed by atoms with Gasteiger partial charge < -0.3 is 8.83 Å². The summed E-state index contributed by atoms with van der Waals surface area (Å²) in [5.41, 5.74) is 6.54. The van der Waals surface area contributed by atoms with Crippen molar-refractivity contribution in [3.63, 3.8) is 0 Å². The molecule has 0 amide bonds. The van der Waals surface area contributed by atoms with Crippen molar-refractivity contribution in [2.75, 3.05) is 5.43 Å². The summed E-state index contributed by atoms with van der Waals surface area (Å²) in [6, 6.07) is 7.61. The van der Waals surface area contributed by atoms with E-state index < -0.39 is 0 Å². The van der Waals surface area contributed by atoms with Crippen molar-refractivity contribution in [2.24, 2.45) is 5.84 Å². The first-order valence-corrected chi connectivity index (χ1v) is 8.51. The van der Waals surface area contributed by atoms with Gasteiger partial charge in [0.05, 0.1) is 18.2 Å². The number of fused-ring (bicyclic) bond motifs is 1. The molecule has 0 saturated heterocycles. The first kappa shape index (κ1) is 15.7. The number of nitrogens with one attached hydrogen (secondary N) is 1. The number of allylic oxidation sites excluding steroid dienone is 1. The van der Waals surface area contributed by atoms with Crippen LogP contribution in [-0.4, -0.2) is 9.97 Å². The Hall–Kier alpha value is -2.86. The van der Waals surface area contributed by atoms with Crippen LogP contribution in [-0.2, 0) is 6.42 Å². The fraction of sp³-hybridized carbons (Fsp3) is 0.263. The van der Waals surface area contributed by atoms with Crippen LogP contribution in [0.5, 0.6) is 0 Å². The average Bonchev–Trinajstić information content (AvgIpc) is 3.31. The van der Waals surface area contributed by atoms with E-state index in [0.29, 0.717) is 5.95 Å². The Labute approximate surface area is 145 Å². The van der Waals surface area contributed by atoms with E-state index in [1.807, 2.05) is 24.3 Å². The van der Waals surface area contributed by atoms with Gasteiger partial charge in [-0.25, -0.2) is 15.8 Å². The third-order valence-electron chi connectivity index (χ3n) is 4.43. The van der Waals surface area contributed by atoms with E-state index in [4.69, 9.17) is 14.7 Å². The third kappa shape index (κ3) is 3.21. The number of nitrogen functional groups attached to an aromatic ring is 1. The average molecular weight is 336 g/mol. The zero-order valence-corrected chi connectivity index (χ0v) is 13.9. The number of hydrazine groups is 1. The number of aromatic nitrogens is 2. The topological polar surface area (TPSA) is 90.1 Å². The van der Waals surface area contributed by atoms with Crippen LogP contribution in [0.15, 0.2) is 45.6 Å². The summed E-state index contributed by atoms with van der Waals surface area (Å²) in [7, 11) is 0. The van der Waals surface area contributed by atoms with E-state index >= 15 is 0 Å². The maximum Gasteiger partial charge on any atom is 0.238 e. The lowest BCUT2D eigenvalue weighted by Gasteiger charge is -2.19. The lowest BCUT2D eigenvalue weighted by atomic mass is 9.91. The minimum atomic E-state index is 0.385. The second-order valence-corrected chi connectivity index (χ2v) is 6.09. The molecule has 3 aromatic rings. The van der Waals surface area contributed by atoms with E-state index in [-0.39, 0.29) is 0 Å². The van der Waals surface area contributed by atoms with Crippen LogP contribution in [0.2, 0.25) is 0 Å². The highest BCUT2D eigenvalue weighted by Gasteiger charge is 2.21. The number of hydrogen-bond donors (Lipinski definition) is 2. The molecule has 0 bridgehead atoms. The maximum atomic E-state index is 5.61. The van der Waals surface area contributed by atoms with Crippen LogP contribution in [0.25, 0.3) is 23.1 Å². The fourth-order valence-electron chi connectivity index (χ4n) is 3.27. The van der Waals surface area contributed by atoms with E-state index in [9.17, 15) is 0 Å². The second-order valence-electron chi connectivity index (χ2n) is 6.09. The number of anilines is 1. The van der Waals surface area contributed by atoms with E-state index in [1.54, 1.807) is 12.5 Å². The maximum absolute atomic E-state index is 5.61. The van der Waals surface area contributed by atoms with Crippen LogP contribution in [0.1, 0.15) is 42.7 Å². The molecule has 6 heteroatoms. The summed E-state index contributed by atoms with van der Waals surface area (Å²) in [5.74, 6) is 7.55. The van der Waals surface area contributed by atoms with E-state index in [1.165, 1.54) is 6.42 Å². The van der Waals surface area contributed by atoms with Gasteiger partial charge in [0.25, 0.3) is 0 Å². The number of hydrogen-bond acceptors (Lipinski definition) is 6. The number of rotatable bonds is 3. The van der Waals surface area contributed by atoms with Gasteiger partial charge in [0, 0.05) is 5.56 Å². The predicted octanol–water partition coefficient (Wildman–Crippen LogP) is 4.27. The monoisotopic (exact) mass is 336 g/mol. The quantitative estimate of drug-likeness (QED) is 0.548. The van der Waals surface area contributed by atoms with Crippen LogP contribution in [0.3, 0.4) is 0 Å². The Morgan fingerprint density at radius 2 is 1.76 bits per heavy atom. The molecule has 25 heavy (non-hydrogen) atoms. The van der Waals surface area contributed by atoms with Crippen LogP contribution in [0.4, 0.5) is 5.95 Å². The van der Waals surface area contributed by atoms with Crippen molar-refractivity contribution in [1.29, 1.82) is 0 Å². The summed E-state index contributed by atoms with van der Waals surface area (Å²) < 4.78 is 11.1. The molecular weight excluding hydrogens is 316 g/mol. The molecule has 6 nitrogen and oxygen atoms in total. The first-order chi connectivity index (χ1) is 12.3. The highest BCUT2D eigenvalue weighted by atomic mass is 16.3. The molecule has 1 aliphatic rings. The molecule has 128 valence electrons. The smallest absolute Gasteiger partial charge is 0.238 e. The van der Waals surface area contributed by atoms with Crippen LogP contribution < -0.4 is 11.3 Å². The van der Waals surface area contributed by atoms with Gasteiger partial charge >= 0.3 is 0 Å². The molecule has 3 heterocycles. The molecule has 1 aliphatic carbocycles. The summed E-state index contributed by atoms with van der Waals surface area (Å²) >= 11 is 0. The highest BCUT2D eigenvalue weighted by molar-refractivity contribution is 5.82. The van der Waals surface area contributed by atoms with Crippen molar-refractivity contribution in [2.45, 2.75) is 32.1 Å². The van der Waals surface area contributed by atoms with Gasteiger partial charge in [-0.15, -0.1) is 0 Å². The normalized spacial score (nSPS) is 16.3. The van der Waals surface area contributed by atoms with Gasteiger partial charge in [-0.1, -0.05) is 6.42 Å². The zero-order chi connectivity index (χ0) is 17.1. The van der Waals surface area contributed by atoms with Crippen molar-refractivity contribution >= 4 is 17.6 Å². The van der Waals surface area contributed by atoms with Crippen LogP contribution >= 0.6 is 0 Å². The molecule has 0 atom stereocenters. The Morgan fingerprint density at radius 1 is 0.960 bits per heavy atom. The molecule has 0 saturated carbocycles. The summed E-state index contributed by atoms with van der Waals surface area (Å²) in [6.45, 7) is 0. The second kappa shape index (κ2) is 6.94. The molecule has 0 aliphatic heterocycles. The fourth-order valence-corrected chi connectivity index (χ4v) is 3.27. The minimum absolute atomic E-state index is 0.385. The molecule has 0 fully saturated rings. The van der Waals surface area contributed by atoms with Crippen molar-refractivity contribution in [3.8, 4) is 11.5 Å². The van der Waals surface area contributed by atoms with Gasteiger partial charge in [-0.05, 0) is 61.6 Å². The standard InChI is InChI=1S/C19H20N4O2/c20-23-19-21-17-13(12-14-7-4-10-24-14)6-2-1-3-8-15(17)18(22-19)16-9-5-11-25-16/h4-5,7,9-12H,1-3,6,8,20H2,(H,21,22,23)/b13-12+. The largest absolute Gasteiger partial charge is 0.465 e. The lowest BCUT2D eigenvalue weighted by molar-refractivity contribution is 0.557. The number of nitrogens with zero attached hydrogens (tertiary/aromatic N) is 2. The molecule has 0 radical (unpaired) electrons. The number of furan rings is 2. The Balaban J connectivity index is 1.92. The zero-order valence-electron chi connectivity index (χ0n) is 13.9. The van der Waals surface area contributed by atoms with E-state index in [0.717, 1.165) is 59.7 Å². The molecule has 3 N–H and O–H groups in total. The molecule has 0 unspecified atom stereocenters. The minimum Gasteiger partial charge on any atom is -0.465 e. The Kier molecular flexibility index (Phi) is 4.35. The predicted molar refractivity (Wildman–Crippen MR) is 96.3 cm³/mol. The van der Waals surface area contributed by atoms with Gasteiger partial charge in [-0.2, -0.15) is 0 Å². The summed E-state index contributed by atoms with van der Waals surface area (Å²) in [6.07, 6.45) is 10.6. The third-order valence-corrected chi connectivity index (χ3v) is 4.43. The first-order valence-electron chi connectivity index (χ1n) is 8.51. The Bertz CT molecular complexity index is 867. The Morgan fingerprint density at radius 3 is 2.52 bits per heavy atom. The summed E-state index contributed by atoms with van der Waals surface area (Å²) in [4.78, 5) is 9.23. The van der Waals surface area contributed by atoms with E-state index in [2.05, 4.69) is 21.5 Å². The SMILES string of the molecule is NNc1nc2c(c(-c3ccco3)n1)CCCCC/C2=C\c1ccco1. The molecule has 0 aromatic carbocycles. The molecule has 3 aromatic heterocycles. The van der Waals surface area contributed by atoms with Gasteiger partial charge in [0.1, 0.15) is 11.5 Å². The van der Waals surface area contributed by atoms with Crippen LogP contribution in [0, 0.1) is 0 Å². The van der Waals surface area contributed by atoms with Crippen molar-refractivity contribution < 1.29 is 8.83 Å². The van der Waals surface area contributed by atoms with Gasteiger partial charge in [0.2, 0.25) is 5.95 Å². The highest BCUT2D eigenvalue weighted by Crippen LogP contribution is 2.35. The van der Waals surface area contributed by atoms with Gasteiger partial charge in [0.15, 0.2) is 5.76 Å². The number of nitrogens with two attached hydrogens (primary N) is 1. The van der Waals surface area contributed by atoms with Crippen molar-refractivity contribution in [3.05, 3.63) is 53.8 Å². The van der Waals surface area contributed by atoms with Gasteiger partial charge in [-0.3, -0.25) is 5.43 Å². The molecule has 0 spiro atoms. The summed E-state index contributed by atoms with van der Waals surface area (Å²) in [5, 5.41) is 0. The van der Waals surface area contributed by atoms with Crippen molar-refractivity contribution in [1.82, 2.24) is 9.97 Å². The lowest BCUT2D eigenvalue weighted by Crippen LogP contribution is -2.14. The molecular formula is C19H20N4O2.